The Morgan fingerprint density at radius 3 is 2.21 bits per heavy atom. The minimum absolute atomic E-state index is 0.421. The van der Waals surface area contributed by atoms with Crippen LogP contribution < -0.4 is 0 Å². The number of hydrogen-bond acceptors (Lipinski definition) is 5. The number of ether oxygens (including phenoxy) is 1. The van der Waals surface area contributed by atoms with Gasteiger partial charge in [-0.05, 0) is 18.1 Å². The molecule has 0 spiro atoms. The van der Waals surface area contributed by atoms with Gasteiger partial charge < -0.3 is 4.74 Å². The summed E-state index contributed by atoms with van der Waals surface area (Å²) in [5.41, 5.74) is 2.05. The van der Waals surface area contributed by atoms with Gasteiger partial charge in [0.1, 0.15) is 5.75 Å². The van der Waals surface area contributed by atoms with Gasteiger partial charge in [0.05, 0.1) is 13.5 Å². The zero-order valence-electron chi connectivity index (χ0n) is 13.1. The summed E-state index contributed by atoms with van der Waals surface area (Å²) in [6.45, 7) is 5.52. The normalized spacial score (nSPS) is 13.4. The Balaban J connectivity index is 2.80. The van der Waals surface area contributed by atoms with E-state index >= 15 is 0 Å². The fourth-order valence-corrected chi connectivity index (χ4v) is 2.49. The lowest BCUT2D eigenvalue weighted by molar-refractivity contribution is -0.214. The molecule has 0 aliphatic rings. The molecule has 0 aliphatic carbocycles. The summed E-state index contributed by atoms with van der Waals surface area (Å²) in [7, 11) is -3.71. The fourth-order valence-electron chi connectivity index (χ4n) is 1.72. The molecule has 1 rings (SSSR count). The Kier molecular flexibility index (Phi) is 6.56. The topological polar surface area (TPSA) is 69.7 Å². The molecule has 1 unspecified atom stereocenters. The molecule has 1 aromatic rings. The van der Waals surface area contributed by atoms with Gasteiger partial charge in [0.2, 0.25) is 6.10 Å². The number of esters is 1. The molecule has 0 amide bonds. The van der Waals surface area contributed by atoms with Crippen LogP contribution in [0, 0.1) is 0 Å². The Labute approximate surface area is 138 Å². The molecule has 0 fully saturated rings. The van der Waals surface area contributed by atoms with Gasteiger partial charge in [-0.1, -0.05) is 36.4 Å². The van der Waals surface area contributed by atoms with Crippen LogP contribution in [0.3, 0.4) is 0 Å². The number of halogens is 3. The Hall–Kier alpha value is -1.87. The molecule has 9 heteroatoms. The standard InChI is InChI=1S/C15H17F3O5S/c1-10(2)12-6-4-11(5-7-12)8-14(19)23-13(15(16,17)18)9-24(20,21)22-3/h4-7,13H,1,8-9H2,2-3H3. The molecular weight excluding hydrogens is 349 g/mol. The van der Waals surface area contributed by atoms with Crippen LogP contribution >= 0.6 is 0 Å². The first-order chi connectivity index (χ1) is 10.9. The molecule has 24 heavy (non-hydrogen) atoms. The zero-order valence-corrected chi connectivity index (χ0v) is 13.9. The first-order valence-electron chi connectivity index (χ1n) is 6.74. The summed E-state index contributed by atoms with van der Waals surface area (Å²) >= 11 is 0. The first-order valence-corrected chi connectivity index (χ1v) is 8.31. The zero-order chi connectivity index (χ0) is 18.5. The molecule has 0 heterocycles. The van der Waals surface area contributed by atoms with E-state index in [9.17, 15) is 26.4 Å². The average molecular weight is 366 g/mol. The summed E-state index contributed by atoms with van der Waals surface area (Å²) in [6, 6.07) is 6.45. The van der Waals surface area contributed by atoms with E-state index in [1.54, 1.807) is 31.2 Å². The molecule has 0 aliphatic heterocycles. The first kappa shape index (κ1) is 20.2. The summed E-state index contributed by atoms with van der Waals surface area (Å²) in [4.78, 5) is 11.7. The number of carbonyl (C=O) groups excluding carboxylic acids is 1. The van der Waals surface area contributed by atoms with Gasteiger partial charge in [0.15, 0.2) is 0 Å². The van der Waals surface area contributed by atoms with Crippen LogP contribution in [0.4, 0.5) is 13.2 Å². The van der Waals surface area contributed by atoms with Crippen LogP contribution in [0.15, 0.2) is 30.8 Å². The Bertz CT molecular complexity index is 693. The molecule has 5 nitrogen and oxygen atoms in total. The van der Waals surface area contributed by atoms with Crippen LogP contribution in [-0.4, -0.2) is 39.5 Å². The number of allylic oxidation sites excluding steroid dienone is 1. The predicted molar refractivity (Wildman–Crippen MR) is 81.6 cm³/mol. The molecule has 0 N–H and O–H groups in total. The number of alkyl halides is 3. The third kappa shape index (κ3) is 6.32. The van der Waals surface area contributed by atoms with Crippen LogP contribution in [-0.2, 0) is 30.3 Å². The van der Waals surface area contributed by atoms with Crippen molar-refractivity contribution in [2.45, 2.75) is 25.6 Å². The second-order valence-corrected chi connectivity index (χ2v) is 6.85. The van der Waals surface area contributed by atoms with E-state index in [1.807, 2.05) is 0 Å². The third-order valence-corrected chi connectivity index (χ3v) is 4.26. The van der Waals surface area contributed by atoms with Gasteiger partial charge in [-0.25, -0.2) is 0 Å². The third-order valence-electron chi connectivity index (χ3n) is 3.04. The molecule has 0 bridgehead atoms. The van der Waals surface area contributed by atoms with Crippen LogP contribution in [0.25, 0.3) is 5.57 Å². The predicted octanol–water partition coefficient (Wildman–Crippen LogP) is 2.71. The smallest absolute Gasteiger partial charge is 0.426 e. The summed E-state index contributed by atoms with van der Waals surface area (Å²) in [5, 5.41) is 0. The van der Waals surface area contributed by atoms with Crippen molar-refractivity contribution < 1.29 is 35.3 Å². The maximum Gasteiger partial charge on any atom is 0.426 e. The van der Waals surface area contributed by atoms with Crippen molar-refractivity contribution in [3.63, 3.8) is 0 Å². The van der Waals surface area contributed by atoms with Crippen LogP contribution in [0.5, 0.6) is 0 Å². The van der Waals surface area contributed by atoms with E-state index in [2.05, 4.69) is 15.5 Å². The second kappa shape index (κ2) is 7.80. The lowest BCUT2D eigenvalue weighted by Crippen LogP contribution is -2.40. The second-order valence-electron chi connectivity index (χ2n) is 5.07. The van der Waals surface area contributed by atoms with Gasteiger partial charge in [-0.3, -0.25) is 8.98 Å². The van der Waals surface area contributed by atoms with Crippen molar-refractivity contribution in [1.29, 1.82) is 0 Å². The number of benzene rings is 1. The maximum atomic E-state index is 12.8. The molecule has 0 saturated carbocycles. The van der Waals surface area contributed by atoms with Crippen molar-refractivity contribution in [2.24, 2.45) is 0 Å². The molecule has 0 aromatic heterocycles. The SMILES string of the molecule is C=C(C)c1ccc(CC(=O)OC(CS(=O)(=O)OC)C(F)(F)F)cc1. The largest absolute Gasteiger partial charge is 0.451 e. The molecule has 1 aromatic carbocycles. The minimum atomic E-state index is -5.02. The minimum Gasteiger partial charge on any atom is -0.451 e. The Morgan fingerprint density at radius 2 is 1.79 bits per heavy atom. The summed E-state index contributed by atoms with van der Waals surface area (Å²) < 4.78 is 69.1. The lowest BCUT2D eigenvalue weighted by atomic mass is 10.1. The van der Waals surface area contributed by atoms with E-state index in [1.165, 1.54) is 0 Å². The van der Waals surface area contributed by atoms with Crippen molar-refractivity contribution in [3.05, 3.63) is 42.0 Å². The highest BCUT2D eigenvalue weighted by molar-refractivity contribution is 7.86. The van der Waals surface area contributed by atoms with Crippen molar-refractivity contribution in [3.8, 4) is 0 Å². The van der Waals surface area contributed by atoms with Gasteiger partial charge in [-0.2, -0.15) is 21.6 Å². The average Bonchev–Trinajstić information content (AvgIpc) is 2.46. The van der Waals surface area contributed by atoms with Gasteiger partial charge in [0, 0.05) is 0 Å². The van der Waals surface area contributed by atoms with E-state index < -0.39 is 40.5 Å². The van der Waals surface area contributed by atoms with E-state index in [0.717, 1.165) is 18.2 Å². The highest BCUT2D eigenvalue weighted by Crippen LogP contribution is 2.25. The van der Waals surface area contributed by atoms with Crippen molar-refractivity contribution in [2.75, 3.05) is 12.9 Å². The van der Waals surface area contributed by atoms with Crippen molar-refractivity contribution in [1.82, 2.24) is 0 Å². The Morgan fingerprint density at radius 1 is 1.25 bits per heavy atom. The van der Waals surface area contributed by atoms with Crippen molar-refractivity contribution >= 4 is 21.7 Å². The number of hydrogen-bond donors (Lipinski definition) is 0. The van der Waals surface area contributed by atoms with Crippen LogP contribution in [0.1, 0.15) is 18.1 Å². The van der Waals surface area contributed by atoms with Gasteiger partial charge in [-0.15, -0.1) is 0 Å². The maximum absolute atomic E-state index is 12.8. The summed E-state index contributed by atoms with van der Waals surface area (Å²) in [5.74, 6) is -2.68. The monoisotopic (exact) mass is 366 g/mol. The quantitative estimate of drug-likeness (QED) is 0.548. The highest BCUT2D eigenvalue weighted by Gasteiger charge is 2.45. The molecule has 0 radical (unpaired) electrons. The van der Waals surface area contributed by atoms with Gasteiger partial charge >= 0.3 is 12.1 Å². The molecule has 134 valence electrons. The molecular formula is C15H17F3O5S. The fraction of sp³-hybridized carbons (Fsp3) is 0.400. The highest BCUT2D eigenvalue weighted by atomic mass is 32.2. The van der Waals surface area contributed by atoms with E-state index in [4.69, 9.17) is 0 Å². The molecule has 0 saturated heterocycles. The summed E-state index contributed by atoms with van der Waals surface area (Å²) in [6.07, 6.45) is -8.23. The number of carbonyl (C=O) groups is 1. The van der Waals surface area contributed by atoms with E-state index in [0.29, 0.717) is 5.56 Å². The van der Waals surface area contributed by atoms with Gasteiger partial charge in [0.25, 0.3) is 10.1 Å². The molecule has 1 atom stereocenters. The lowest BCUT2D eigenvalue weighted by Gasteiger charge is -2.20. The van der Waals surface area contributed by atoms with E-state index in [-0.39, 0.29) is 0 Å². The number of rotatable bonds is 7. The van der Waals surface area contributed by atoms with Crippen LogP contribution in [0.2, 0.25) is 0 Å².